The molecule has 1 aromatic rings. The summed E-state index contributed by atoms with van der Waals surface area (Å²) in [6, 6.07) is 3.96. The Morgan fingerprint density at radius 1 is 0.974 bits per heavy atom. The molecule has 5 atom stereocenters. The fraction of sp³-hybridized carbons (Fsp3) is 0.542. The van der Waals surface area contributed by atoms with E-state index in [0.717, 1.165) is 0 Å². The molecule has 1 aromatic carbocycles. The van der Waals surface area contributed by atoms with Gasteiger partial charge < -0.3 is 43.4 Å². The van der Waals surface area contributed by atoms with Gasteiger partial charge in [-0.1, -0.05) is 30.3 Å². The van der Waals surface area contributed by atoms with Crippen molar-refractivity contribution in [2.75, 3.05) is 18.6 Å². The highest BCUT2D eigenvalue weighted by Crippen LogP contribution is 2.07. The number of aliphatic imine (C=N–C) groups is 1. The van der Waals surface area contributed by atoms with E-state index in [4.69, 9.17) is 17.2 Å². The topological polar surface area (TPSA) is 235 Å². The van der Waals surface area contributed by atoms with E-state index < -0.39 is 54.0 Å². The van der Waals surface area contributed by atoms with E-state index in [0.29, 0.717) is 24.2 Å². The maximum absolute atomic E-state index is 13.1. The number of benzene rings is 1. The number of carboxylic acids is 1. The molecule has 0 heterocycles. The van der Waals surface area contributed by atoms with Crippen molar-refractivity contribution in [3.8, 4) is 0 Å². The number of nitrogens with two attached hydrogens (primary N) is 3. The average Bonchev–Trinajstić information content (AvgIpc) is 2.86. The quantitative estimate of drug-likeness (QED) is 0.0617. The number of aliphatic hydroxyl groups excluding tert-OH is 1. The summed E-state index contributed by atoms with van der Waals surface area (Å²) < 4.78 is 0. The first-order chi connectivity index (χ1) is 18.0. The number of aliphatic hydroxyl groups is 1. The molecule has 11 N–H and O–H groups in total. The number of hydrogen-bond acceptors (Lipinski definition) is 8. The maximum atomic E-state index is 13.1. The first kappa shape index (κ1) is 32.7. The van der Waals surface area contributed by atoms with Gasteiger partial charge >= 0.3 is 5.97 Å². The molecule has 3 amide bonds. The summed E-state index contributed by atoms with van der Waals surface area (Å²) in [5.41, 5.74) is 17.2. The largest absolute Gasteiger partial charge is 0.480 e. The Morgan fingerprint density at radius 3 is 2.16 bits per heavy atom. The molecule has 0 aliphatic heterocycles. The second kappa shape index (κ2) is 17.2. The molecule has 1 rings (SSSR count). The number of carbonyl (C=O) groups is 4. The predicted molar refractivity (Wildman–Crippen MR) is 146 cm³/mol. The number of thioether (sulfide) groups is 1. The van der Waals surface area contributed by atoms with Gasteiger partial charge in [-0.05, 0) is 43.8 Å². The Kier molecular flexibility index (Phi) is 14.8. The summed E-state index contributed by atoms with van der Waals surface area (Å²) in [6.45, 7) is 1.47. The van der Waals surface area contributed by atoms with Gasteiger partial charge in [-0.15, -0.1) is 0 Å². The molecule has 0 fully saturated rings. The van der Waals surface area contributed by atoms with Crippen LogP contribution >= 0.6 is 11.8 Å². The minimum Gasteiger partial charge on any atom is -0.480 e. The monoisotopic (exact) mass is 553 g/mol. The molecule has 13 nitrogen and oxygen atoms in total. The van der Waals surface area contributed by atoms with Crippen molar-refractivity contribution in [3.63, 3.8) is 0 Å². The summed E-state index contributed by atoms with van der Waals surface area (Å²) in [5, 5.41) is 27.2. The highest BCUT2D eigenvalue weighted by atomic mass is 32.2. The fourth-order valence-corrected chi connectivity index (χ4v) is 3.89. The molecule has 0 spiro atoms. The van der Waals surface area contributed by atoms with Gasteiger partial charge in [0.25, 0.3) is 0 Å². The number of aliphatic carboxylic acids is 1. The van der Waals surface area contributed by atoms with Gasteiger partial charge in [0.2, 0.25) is 17.7 Å². The molecule has 14 heteroatoms. The number of nitrogens with one attached hydrogen (secondary N) is 3. The first-order valence-corrected chi connectivity index (χ1v) is 13.5. The molecule has 5 unspecified atom stereocenters. The minimum absolute atomic E-state index is 0.000201. The van der Waals surface area contributed by atoms with Crippen LogP contribution in [-0.4, -0.2) is 88.7 Å². The molecule has 0 aliphatic rings. The van der Waals surface area contributed by atoms with Crippen molar-refractivity contribution in [2.45, 2.75) is 62.9 Å². The van der Waals surface area contributed by atoms with E-state index in [1.165, 1.54) is 18.7 Å². The second-order valence-electron chi connectivity index (χ2n) is 8.71. The van der Waals surface area contributed by atoms with E-state index in [-0.39, 0.29) is 25.3 Å². The Labute approximate surface area is 226 Å². The predicted octanol–water partition coefficient (Wildman–Crippen LogP) is -1.72. The van der Waals surface area contributed by atoms with Crippen LogP contribution < -0.4 is 33.2 Å². The van der Waals surface area contributed by atoms with E-state index in [9.17, 15) is 29.4 Å². The number of amides is 3. The van der Waals surface area contributed by atoms with Crippen LogP contribution in [0.15, 0.2) is 35.3 Å². The summed E-state index contributed by atoms with van der Waals surface area (Å²) in [5.74, 6) is -2.94. The van der Waals surface area contributed by atoms with Crippen LogP contribution in [0.2, 0.25) is 0 Å². The van der Waals surface area contributed by atoms with E-state index in [1.54, 1.807) is 30.3 Å². The molecule has 0 aliphatic carbocycles. The average molecular weight is 554 g/mol. The minimum atomic E-state index is -1.48. The molecule has 0 saturated carbocycles. The van der Waals surface area contributed by atoms with Crippen LogP contribution in [0.3, 0.4) is 0 Å². The van der Waals surface area contributed by atoms with Crippen LogP contribution in [0.25, 0.3) is 0 Å². The molecule has 0 saturated heterocycles. The summed E-state index contributed by atoms with van der Waals surface area (Å²) in [7, 11) is 0. The van der Waals surface area contributed by atoms with Gasteiger partial charge in [0.1, 0.15) is 18.1 Å². The number of nitrogens with zero attached hydrogens (tertiary/aromatic N) is 1. The summed E-state index contributed by atoms with van der Waals surface area (Å²) >= 11 is 1.52. The SMILES string of the molecule is CSCCC(N)C(=O)NC(CCCN=C(N)N)C(=O)NC(C(=O)NC(Cc1ccccc1)C(=O)O)C(C)O. The van der Waals surface area contributed by atoms with Crippen molar-refractivity contribution in [3.05, 3.63) is 35.9 Å². The van der Waals surface area contributed by atoms with Gasteiger partial charge in [0.15, 0.2) is 5.96 Å². The lowest BCUT2D eigenvalue weighted by molar-refractivity contribution is -0.143. The molecule has 0 bridgehead atoms. The van der Waals surface area contributed by atoms with Gasteiger partial charge in [-0.3, -0.25) is 19.4 Å². The molecular weight excluding hydrogens is 514 g/mol. The van der Waals surface area contributed by atoms with Gasteiger partial charge in [0, 0.05) is 13.0 Å². The molecule has 212 valence electrons. The van der Waals surface area contributed by atoms with E-state index in [1.807, 2.05) is 6.26 Å². The lowest BCUT2D eigenvalue weighted by Crippen LogP contribution is -2.60. The van der Waals surface area contributed by atoms with Crippen molar-refractivity contribution < 1.29 is 29.4 Å². The van der Waals surface area contributed by atoms with Crippen molar-refractivity contribution in [1.29, 1.82) is 0 Å². The van der Waals surface area contributed by atoms with Crippen molar-refractivity contribution in [1.82, 2.24) is 16.0 Å². The summed E-state index contributed by atoms with van der Waals surface area (Å²) in [6.07, 6.45) is 1.34. The number of rotatable bonds is 17. The van der Waals surface area contributed by atoms with Crippen LogP contribution in [0, 0.1) is 0 Å². The summed E-state index contributed by atoms with van der Waals surface area (Å²) in [4.78, 5) is 54.2. The number of carbonyl (C=O) groups excluding carboxylic acids is 3. The van der Waals surface area contributed by atoms with E-state index in [2.05, 4.69) is 20.9 Å². The normalized spacial score (nSPS) is 14.7. The first-order valence-electron chi connectivity index (χ1n) is 12.1. The second-order valence-corrected chi connectivity index (χ2v) is 9.70. The Hall–Kier alpha value is -3.36. The van der Waals surface area contributed by atoms with Crippen LogP contribution in [0.4, 0.5) is 0 Å². The van der Waals surface area contributed by atoms with Crippen molar-refractivity contribution in [2.24, 2.45) is 22.2 Å². The number of carboxylic acid groups (broad SMARTS) is 1. The van der Waals surface area contributed by atoms with E-state index >= 15 is 0 Å². The third-order valence-electron chi connectivity index (χ3n) is 5.51. The fourth-order valence-electron chi connectivity index (χ4n) is 3.40. The maximum Gasteiger partial charge on any atom is 0.326 e. The molecule has 0 aromatic heterocycles. The van der Waals surface area contributed by atoms with Crippen LogP contribution in [0.5, 0.6) is 0 Å². The third kappa shape index (κ3) is 12.3. The Morgan fingerprint density at radius 2 is 1.61 bits per heavy atom. The Bertz CT molecular complexity index is 943. The number of hydrogen-bond donors (Lipinski definition) is 8. The van der Waals surface area contributed by atoms with Crippen LogP contribution in [0.1, 0.15) is 31.7 Å². The molecular formula is C24H39N7O6S. The number of guanidine groups is 1. The zero-order chi connectivity index (χ0) is 28.7. The standard InChI is InChI=1S/C24H39N7O6S/c1-14(32)19(22(35)30-18(23(36)37)13-15-7-4-3-5-8-15)31-21(34)17(9-6-11-28-24(26)27)29-20(33)16(25)10-12-38-2/h3-5,7-8,14,16-19,32H,6,9-13,25H2,1-2H3,(H,29,33)(H,30,35)(H,31,34)(H,36,37)(H4,26,27,28). The zero-order valence-corrected chi connectivity index (χ0v) is 22.4. The van der Waals surface area contributed by atoms with Crippen molar-refractivity contribution >= 4 is 41.4 Å². The zero-order valence-electron chi connectivity index (χ0n) is 21.6. The Balaban J connectivity index is 2.97. The van der Waals surface area contributed by atoms with Gasteiger partial charge in [0.05, 0.1) is 12.1 Å². The van der Waals surface area contributed by atoms with Gasteiger partial charge in [-0.2, -0.15) is 11.8 Å². The molecule has 0 radical (unpaired) electrons. The smallest absolute Gasteiger partial charge is 0.326 e. The third-order valence-corrected chi connectivity index (χ3v) is 6.15. The highest BCUT2D eigenvalue weighted by Gasteiger charge is 2.32. The molecule has 38 heavy (non-hydrogen) atoms. The van der Waals surface area contributed by atoms with Gasteiger partial charge in [-0.25, -0.2) is 4.79 Å². The lowest BCUT2D eigenvalue weighted by atomic mass is 10.0. The highest BCUT2D eigenvalue weighted by molar-refractivity contribution is 7.98. The van der Waals surface area contributed by atoms with Crippen LogP contribution in [-0.2, 0) is 25.6 Å². The lowest BCUT2D eigenvalue weighted by Gasteiger charge is -2.26.